The van der Waals surface area contributed by atoms with Gasteiger partial charge >= 0.3 is 18.0 Å². The van der Waals surface area contributed by atoms with Crippen molar-refractivity contribution in [2.45, 2.75) is 24.9 Å². The minimum atomic E-state index is -5.91. The molecule has 2 N–H and O–H groups in total. The van der Waals surface area contributed by atoms with Gasteiger partial charge < -0.3 is 10.6 Å². The van der Waals surface area contributed by atoms with Crippen molar-refractivity contribution in [3.8, 4) is 0 Å². The molecule has 110 valence electrons. The topological polar surface area (TPSA) is 46.3 Å². The molecule has 1 amide bonds. The van der Waals surface area contributed by atoms with E-state index in [0.29, 0.717) is 23.3 Å². The molecule has 0 bridgehead atoms. The van der Waals surface area contributed by atoms with Gasteiger partial charge in [0.2, 0.25) is 0 Å². The number of fused-ring (bicyclic) bond motifs is 1. The number of benzene rings is 1. The number of carbonyl (C=O) groups is 1. The Hall–Kier alpha value is -1.86. The second-order valence-corrected chi connectivity index (χ2v) is 4.52. The molecule has 0 unspecified atom stereocenters. The number of nitrogens with two attached hydrogens (primary N) is 1. The van der Waals surface area contributed by atoms with E-state index in [2.05, 4.69) is 0 Å². The van der Waals surface area contributed by atoms with Crippen molar-refractivity contribution in [2.75, 3.05) is 17.2 Å². The Kier molecular flexibility index (Phi) is 3.35. The van der Waals surface area contributed by atoms with E-state index >= 15 is 0 Å². The van der Waals surface area contributed by atoms with Crippen LogP contribution in [0.25, 0.3) is 0 Å². The molecule has 20 heavy (non-hydrogen) atoms. The molecule has 0 aromatic heterocycles. The summed E-state index contributed by atoms with van der Waals surface area (Å²) in [4.78, 5) is 12.0. The van der Waals surface area contributed by atoms with Gasteiger partial charge in [-0.05, 0) is 30.5 Å². The Bertz CT molecular complexity index is 541. The molecular formula is C12H11F5N2O. The summed E-state index contributed by atoms with van der Waals surface area (Å²) in [6.07, 6.45) is -5.10. The molecule has 1 aromatic rings. The first-order valence-electron chi connectivity index (χ1n) is 5.79. The van der Waals surface area contributed by atoms with Crippen LogP contribution in [0.3, 0.4) is 0 Å². The predicted molar refractivity (Wildman–Crippen MR) is 62.5 cm³/mol. The maximum atomic E-state index is 13.2. The monoisotopic (exact) mass is 294 g/mol. The molecule has 0 aliphatic carbocycles. The van der Waals surface area contributed by atoms with Gasteiger partial charge in [0.15, 0.2) is 0 Å². The average Bonchev–Trinajstić information content (AvgIpc) is 2.35. The molecule has 2 rings (SSSR count). The SMILES string of the molecule is Nc1ccc2c(c1)N(C(=O)C(F)(F)C(F)(F)F)CCC2. The molecule has 0 saturated heterocycles. The van der Waals surface area contributed by atoms with Crippen LogP contribution in [0, 0.1) is 0 Å². The number of anilines is 2. The number of aryl methyl sites for hydroxylation is 1. The summed E-state index contributed by atoms with van der Waals surface area (Å²) in [6, 6.07) is 4.27. The van der Waals surface area contributed by atoms with Gasteiger partial charge in [-0.1, -0.05) is 6.07 Å². The number of nitrogens with zero attached hydrogens (tertiary/aromatic N) is 1. The van der Waals surface area contributed by atoms with Gasteiger partial charge in [-0.25, -0.2) is 0 Å². The number of halogens is 5. The van der Waals surface area contributed by atoms with Crippen LogP contribution < -0.4 is 10.6 Å². The highest BCUT2D eigenvalue weighted by Gasteiger charge is 2.65. The molecule has 1 aromatic carbocycles. The molecule has 1 heterocycles. The van der Waals surface area contributed by atoms with Crippen molar-refractivity contribution < 1.29 is 26.7 Å². The van der Waals surface area contributed by atoms with Crippen LogP contribution in [-0.2, 0) is 11.2 Å². The van der Waals surface area contributed by atoms with E-state index in [1.54, 1.807) is 0 Å². The van der Waals surface area contributed by atoms with Gasteiger partial charge in [0.1, 0.15) is 0 Å². The number of alkyl halides is 5. The van der Waals surface area contributed by atoms with Crippen LogP contribution in [0.4, 0.5) is 33.3 Å². The zero-order valence-electron chi connectivity index (χ0n) is 10.2. The summed E-state index contributed by atoms with van der Waals surface area (Å²) in [5.41, 5.74) is 6.23. The summed E-state index contributed by atoms with van der Waals surface area (Å²) in [5, 5.41) is 0. The summed E-state index contributed by atoms with van der Waals surface area (Å²) < 4.78 is 63.1. The van der Waals surface area contributed by atoms with Crippen LogP contribution in [0.5, 0.6) is 0 Å². The minimum absolute atomic E-state index is 0.0187. The normalized spacial score (nSPS) is 15.9. The van der Waals surface area contributed by atoms with Crippen molar-refractivity contribution in [1.29, 1.82) is 0 Å². The fraction of sp³-hybridized carbons (Fsp3) is 0.417. The molecule has 0 spiro atoms. The van der Waals surface area contributed by atoms with Gasteiger partial charge in [-0.2, -0.15) is 22.0 Å². The second-order valence-electron chi connectivity index (χ2n) is 4.52. The summed E-state index contributed by atoms with van der Waals surface area (Å²) in [6.45, 7) is -0.193. The van der Waals surface area contributed by atoms with Crippen LogP contribution in [0.1, 0.15) is 12.0 Å². The molecular weight excluding hydrogens is 283 g/mol. The fourth-order valence-electron chi connectivity index (χ4n) is 2.09. The van der Waals surface area contributed by atoms with Gasteiger partial charge in [0.25, 0.3) is 0 Å². The molecule has 0 radical (unpaired) electrons. The number of hydrogen-bond acceptors (Lipinski definition) is 2. The Morgan fingerprint density at radius 1 is 1.20 bits per heavy atom. The van der Waals surface area contributed by atoms with Crippen LogP contribution >= 0.6 is 0 Å². The van der Waals surface area contributed by atoms with E-state index in [1.165, 1.54) is 18.2 Å². The molecule has 1 aliphatic rings. The van der Waals surface area contributed by atoms with Crippen molar-refractivity contribution in [3.05, 3.63) is 23.8 Å². The molecule has 3 nitrogen and oxygen atoms in total. The first kappa shape index (κ1) is 14.5. The van der Waals surface area contributed by atoms with E-state index in [4.69, 9.17) is 5.73 Å². The third-order valence-electron chi connectivity index (χ3n) is 3.10. The maximum absolute atomic E-state index is 13.2. The quantitative estimate of drug-likeness (QED) is 0.639. The molecule has 0 saturated carbocycles. The highest BCUT2D eigenvalue weighted by Crippen LogP contribution is 2.39. The van der Waals surface area contributed by atoms with E-state index in [0.717, 1.165) is 0 Å². The predicted octanol–water partition coefficient (Wildman–Crippen LogP) is 2.75. The highest BCUT2D eigenvalue weighted by atomic mass is 19.4. The fourth-order valence-corrected chi connectivity index (χ4v) is 2.09. The molecule has 0 atom stereocenters. The lowest BCUT2D eigenvalue weighted by atomic mass is 10.0. The number of hydrogen-bond donors (Lipinski definition) is 1. The third-order valence-corrected chi connectivity index (χ3v) is 3.10. The number of amides is 1. The first-order chi connectivity index (χ1) is 9.14. The van der Waals surface area contributed by atoms with Crippen molar-refractivity contribution >= 4 is 17.3 Å². The number of rotatable bonds is 1. The van der Waals surface area contributed by atoms with Crippen LogP contribution in [0.2, 0.25) is 0 Å². The Morgan fingerprint density at radius 3 is 2.45 bits per heavy atom. The zero-order valence-corrected chi connectivity index (χ0v) is 10.2. The van der Waals surface area contributed by atoms with E-state index in [1.807, 2.05) is 0 Å². The molecule has 0 fully saturated rings. The molecule has 1 aliphatic heterocycles. The van der Waals surface area contributed by atoms with E-state index in [-0.39, 0.29) is 17.9 Å². The highest BCUT2D eigenvalue weighted by molar-refractivity contribution is 6.00. The summed E-state index contributed by atoms with van der Waals surface area (Å²) in [5.74, 6) is -7.68. The lowest BCUT2D eigenvalue weighted by Crippen LogP contribution is -2.53. The average molecular weight is 294 g/mol. The summed E-state index contributed by atoms with van der Waals surface area (Å²) >= 11 is 0. The maximum Gasteiger partial charge on any atom is 0.463 e. The van der Waals surface area contributed by atoms with Gasteiger partial charge in [-0.15, -0.1) is 0 Å². The second kappa shape index (κ2) is 4.60. The number of carbonyl (C=O) groups excluding carboxylic acids is 1. The van der Waals surface area contributed by atoms with Crippen LogP contribution in [0.15, 0.2) is 18.2 Å². The third kappa shape index (κ3) is 2.30. The largest absolute Gasteiger partial charge is 0.463 e. The molecule has 8 heteroatoms. The first-order valence-corrected chi connectivity index (χ1v) is 5.79. The number of nitrogen functional groups attached to an aromatic ring is 1. The van der Waals surface area contributed by atoms with E-state index in [9.17, 15) is 26.7 Å². The van der Waals surface area contributed by atoms with Gasteiger partial charge in [0, 0.05) is 17.9 Å². The van der Waals surface area contributed by atoms with Crippen molar-refractivity contribution in [1.82, 2.24) is 0 Å². The lowest BCUT2D eigenvalue weighted by Gasteiger charge is -2.32. The van der Waals surface area contributed by atoms with E-state index < -0.39 is 18.0 Å². The summed E-state index contributed by atoms with van der Waals surface area (Å²) in [7, 11) is 0. The standard InChI is InChI=1S/C12H11F5N2O/c13-11(14,12(15,16)17)10(20)19-5-1-2-7-3-4-8(18)6-9(7)19/h3-4,6H,1-2,5,18H2. The Labute approximate surface area is 111 Å². The smallest absolute Gasteiger partial charge is 0.399 e. The van der Waals surface area contributed by atoms with Crippen molar-refractivity contribution in [3.63, 3.8) is 0 Å². The van der Waals surface area contributed by atoms with Crippen LogP contribution in [-0.4, -0.2) is 24.6 Å². The van der Waals surface area contributed by atoms with Gasteiger partial charge in [-0.3, -0.25) is 4.79 Å². The zero-order chi connectivity index (χ0) is 15.1. The Morgan fingerprint density at radius 2 is 1.85 bits per heavy atom. The lowest BCUT2D eigenvalue weighted by molar-refractivity contribution is -0.268. The van der Waals surface area contributed by atoms with Gasteiger partial charge in [0.05, 0.1) is 0 Å². The minimum Gasteiger partial charge on any atom is -0.399 e. The Balaban J connectivity index is 2.41. The van der Waals surface area contributed by atoms with Crippen molar-refractivity contribution in [2.24, 2.45) is 0 Å².